The molecule has 4 heterocycles. The predicted octanol–water partition coefficient (Wildman–Crippen LogP) is 3.19. The number of morpholine rings is 1. The van der Waals surface area contributed by atoms with Gasteiger partial charge in [0.15, 0.2) is 0 Å². The number of nitrogens with one attached hydrogen (secondary N) is 1. The third-order valence-electron chi connectivity index (χ3n) is 5.25. The van der Waals surface area contributed by atoms with Crippen LogP contribution in [0.2, 0.25) is 0 Å². The summed E-state index contributed by atoms with van der Waals surface area (Å²) in [4.78, 5) is 19.6. The lowest BCUT2D eigenvalue weighted by Gasteiger charge is -2.36. The summed E-state index contributed by atoms with van der Waals surface area (Å²) in [6.07, 6.45) is 5.62. The minimum Gasteiger partial charge on any atom is -0.443 e. The first kappa shape index (κ1) is 20.7. The van der Waals surface area contributed by atoms with Crippen LogP contribution in [0.3, 0.4) is 0 Å². The monoisotopic (exact) mass is 419 g/mol. The zero-order chi connectivity index (χ0) is 22.0. The van der Waals surface area contributed by atoms with E-state index in [1.807, 2.05) is 24.3 Å². The number of hydrogen-bond acceptors (Lipinski definition) is 6. The van der Waals surface area contributed by atoms with E-state index in [1.54, 1.807) is 30.1 Å². The molecule has 31 heavy (non-hydrogen) atoms. The number of carbonyl (C=O) groups is 1. The van der Waals surface area contributed by atoms with Crippen molar-refractivity contribution >= 4 is 11.7 Å². The average molecular weight is 419 g/mol. The van der Waals surface area contributed by atoms with Crippen molar-refractivity contribution in [3.05, 3.63) is 65.3 Å². The summed E-state index contributed by atoms with van der Waals surface area (Å²) in [6.45, 7) is 7.70. The first-order chi connectivity index (χ1) is 15.0. The van der Waals surface area contributed by atoms with E-state index in [9.17, 15) is 10.1 Å². The van der Waals surface area contributed by atoms with Gasteiger partial charge < -0.3 is 19.4 Å². The lowest BCUT2D eigenvalue weighted by Crippen LogP contribution is -2.45. The molecular weight excluding hydrogens is 394 g/mol. The van der Waals surface area contributed by atoms with Crippen LogP contribution in [0.25, 0.3) is 5.88 Å². The molecule has 0 aliphatic carbocycles. The van der Waals surface area contributed by atoms with E-state index in [1.165, 1.54) is 0 Å². The van der Waals surface area contributed by atoms with Crippen molar-refractivity contribution in [1.29, 1.82) is 5.26 Å². The number of rotatable bonds is 5. The topological polar surface area (TPSA) is 96.3 Å². The standard InChI is InChI=1S/C23H25N5O3/c1-15-13-28(14-16(2)30-15)20-7-6-18(11-25-20)12-26-22(29)21-17(3)31-23(19(21)10-24)27-8-4-5-9-27/h4-9,11,15-16H,12-14H2,1-3H3,(H,26,29). The molecule has 1 amide bonds. The van der Waals surface area contributed by atoms with E-state index < -0.39 is 0 Å². The number of pyridine rings is 1. The number of aryl methyl sites for hydroxylation is 1. The molecule has 8 heteroatoms. The fourth-order valence-electron chi connectivity index (χ4n) is 3.90. The molecule has 1 fully saturated rings. The Morgan fingerprint density at radius 1 is 1.26 bits per heavy atom. The van der Waals surface area contributed by atoms with Gasteiger partial charge in [-0.15, -0.1) is 0 Å². The van der Waals surface area contributed by atoms with Crippen LogP contribution in [0.5, 0.6) is 0 Å². The molecule has 0 saturated carbocycles. The molecule has 0 bridgehead atoms. The second-order valence-electron chi connectivity index (χ2n) is 7.79. The van der Waals surface area contributed by atoms with Crippen molar-refractivity contribution < 1.29 is 13.9 Å². The van der Waals surface area contributed by atoms with Gasteiger partial charge in [0.25, 0.3) is 5.91 Å². The summed E-state index contributed by atoms with van der Waals surface area (Å²) in [5.74, 6) is 1.29. The van der Waals surface area contributed by atoms with Crippen molar-refractivity contribution in [3.63, 3.8) is 0 Å². The SMILES string of the molecule is Cc1oc(-n2cccc2)c(C#N)c1C(=O)NCc1ccc(N2CC(C)OC(C)C2)nc1. The first-order valence-corrected chi connectivity index (χ1v) is 10.3. The van der Waals surface area contributed by atoms with Gasteiger partial charge in [-0.2, -0.15) is 5.26 Å². The Balaban J connectivity index is 1.44. The molecule has 0 aromatic carbocycles. The molecule has 2 unspecified atom stereocenters. The van der Waals surface area contributed by atoms with E-state index >= 15 is 0 Å². The highest BCUT2D eigenvalue weighted by Crippen LogP contribution is 2.25. The van der Waals surface area contributed by atoms with Crippen LogP contribution in [0.1, 0.15) is 41.1 Å². The molecule has 1 saturated heterocycles. The smallest absolute Gasteiger partial charge is 0.256 e. The lowest BCUT2D eigenvalue weighted by molar-refractivity contribution is -0.00546. The number of nitriles is 1. The molecule has 160 valence electrons. The Kier molecular flexibility index (Phi) is 5.78. The molecule has 1 N–H and O–H groups in total. The molecule has 1 aliphatic heterocycles. The molecule has 8 nitrogen and oxygen atoms in total. The number of aromatic nitrogens is 2. The largest absolute Gasteiger partial charge is 0.443 e. The average Bonchev–Trinajstić information content (AvgIpc) is 3.39. The Bertz CT molecular complexity index is 1090. The van der Waals surface area contributed by atoms with Gasteiger partial charge in [-0.3, -0.25) is 9.36 Å². The van der Waals surface area contributed by atoms with Crippen molar-refractivity contribution in [2.75, 3.05) is 18.0 Å². The summed E-state index contributed by atoms with van der Waals surface area (Å²) in [5, 5.41) is 12.5. The van der Waals surface area contributed by atoms with E-state index in [-0.39, 0.29) is 29.2 Å². The number of furan rings is 1. The Labute approximate surface area is 181 Å². The second-order valence-corrected chi connectivity index (χ2v) is 7.79. The van der Waals surface area contributed by atoms with Crippen LogP contribution in [-0.4, -0.2) is 40.8 Å². The lowest BCUT2D eigenvalue weighted by atomic mass is 10.1. The number of amides is 1. The van der Waals surface area contributed by atoms with Gasteiger partial charge in [0, 0.05) is 38.2 Å². The molecule has 2 atom stereocenters. The summed E-state index contributed by atoms with van der Waals surface area (Å²) < 4.78 is 13.2. The highest BCUT2D eigenvalue weighted by atomic mass is 16.5. The predicted molar refractivity (Wildman–Crippen MR) is 115 cm³/mol. The minimum atomic E-state index is -0.351. The molecule has 1 aliphatic rings. The van der Waals surface area contributed by atoms with Gasteiger partial charge in [-0.05, 0) is 44.5 Å². The van der Waals surface area contributed by atoms with Gasteiger partial charge in [0.1, 0.15) is 28.8 Å². The number of carbonyl (C=O) groups excluding carboxylic acids is 1. The fraction of sp³-hybridized carbons (Fsp3) is 0.348. The molecule has 3 aromatic rings. The maximum atomic E-state index is 12.8. The summed E-state index contributed by atoms with van der Waals surface area (Å²) in [7, 11) is 0. The van der Waals surface area contributed by atoms with Crippen molar-refractivity contribution in [2.45, 2.75) is 39.5 Å². The Morgan fingerprint density at radius 2 is 1.97 bits per heavy atom. The summed E-state index contributed by atoms with van der Waals surface area (Å²) >= 11 is 0. The maximum absolute atomic E-state index is 12.8. The zero-order valence-corrected chi connectivity index (χ0v) is 17.8. The van der Waals surface area contributed by atoms with Gasteiger partial charge in [0.2, 0.25) is 5.88 Å². The van der Waals surface area contributed by atoms with Crippen LogP contribution in [0, 0.1) is 18.3 Å². The van der Waals surface area contributed by atoms with Crippen molar-refractivity contribution in [1.82, 2.24) is 14.9 Å². The van der Waals surface area contributed by atoms with Crippen LogP contribution in [0.4, 0.5) is 5.82 Å². The number of nitrogens with zero attached hydrogens (tertiary/aromatic N) is 4. The third-order valence-corrected chi connectivity index (χ3v) is 5.25. The quantitative estimate of drug-likeness (QED) is 0.682. The highest BCUT2D eigenvalue weighted by molar-refractivity contribution is 5.98. The summed E-state index contributed by atoms with van der Waals surface area (Å²) in [5.41, 5.74) is 1.35. The van der Waals surface area contributed by atoms with E-state index in [4.69, 9.17) is 9.15 Å². The zero-order valence-electron chi connectivity index (χ0n) is 17.8. The van der Waals surface area contributed by atoms with E-state index in [0.717, 1.165) is 24.5 Å². The van der Waals surface area contributed by atoms with Crippen molar-refractivity contribution in [2.24, 2.45) is 0 Å². The second kappa shape index (κ2) is 8.66. The van der Waals surface area contributed by atoms with Crippen LogP contribution in [-0.2, 0) is 11.3 Å². The van der Waals surface area contributed by atoms with Crippen LogP contribution < -0.4 is 10.2 Å². The first-order valence-electron chi connectivity index (χ1n) is 10.3. The maximum Gasteiger partial charge on any atom is 0.256 e. The van der Waals surface area contributed by atoms with Gasteiger partial charge in [-0.25, -0.2) is 4.98 Å². The van der Waals surface area contributed by atoms with E-state index in [2.05, 4.69) is 35.1 Å². The molecule has 0 radical (unpaired) electrons. The number of anilines is 1. The third kappa shape index (κ3) is 4.32. The van der Waals surface area contributed by atoms with Gasteiger partial charge in [0.05, 0.1) is 12.2 Å². The summed E-state index contributed by atoms with van der Waals surface area (Å²) in [6, 6.07) is 9.66. The van der Waals surface area contributed by atoms with Crippen LogP contribution >= 0.6 is 0 Å². The molecular formula is C23H25N5O3. The Morgan fingerprint density at radius 3 is 2.58 bits per heavy atom. The van der Waals surface area contributed by atoms with Crippen LogP contribution in [0.15, 0.2) is 47.3 Å². The van der Waals surface area contributed by atoms with E-state index in [0.29, 0.717) is 18.2 Å². The number of ether oxygens (including phenoxy) is 1. The minimum absolute atomic E-state index is 0.161. The Hall–Kier alpha value is -3.57. The van der Waals surface area contributed by atoms with Gasteiger partial charge in [-0.1, -0.05) is 6.07 Å². The molecule has 0 spiro atoms. The molecule has 3 aromatic heterocycles. The van der Waals surface area contributed by atoms with Crippen molar-refractivity contribution in [3.8, 4) is 12.0 Å². The van der Waals surface area contributed by atoms with Gasteiger partial charge >= 0.3 is 0 Å². The highest BCUT2D eigenvalue weighted by Gasteiger charge is 2.25. The normalized spacial score (nSPS) is 18.6. The fourth-order valence-corrected chi connectivity index (χ4v) is 3.90. The number of hydrogen-bond donors (Lipinski definition) is 1. The molecule has 4 rings (SSSR count).